The molecule has 2 aliphatic rings. The summed E-state index contributed by atoms with van der Waals surface area (Å²) in [6.45, 7) is 13.5. The van der Waals surface area contributed by atoms with E-state index in [1.165, 1.54) is 24.4 Å². The number of rotatable bonds is 17. The number of nitrogens with one attached hydrogen (secondary N) is 2. The number of carboxylic acids is 1. The molecule has 3 N–H and O–H groups in total. The smallest absolute Gasteiger partial charge is 0.326 e. The Balaban J connectivity index is 0.843. The van der Waals surface area contributed by atoms with Gasteiger partial charge in [0, 0.05) is 86.3 Å². The number of benzene rings is 1. The largest absolute Gasteiger partial charge is 0.480 e. The zero-order valence-electron chi connectivity index (χ0n) is 39.4. The number of hydrogen-bond acceptors (Lipinski definition) is 15. The average molecular weight is 938 g/mol. The molecule has 6 heterocycles. The molecule has 0 radical (unpaired) electrons. The van der Waals surface area contributed by atoms with Crippen molar-refractivity contribution in [3.63, 3.8) is 0 Å². The molecule has 1 saturated heterocycles. The first-order valence-corrected chi connectivity index (χ1v) is 22.6. The number of Topliss-reactive ketones (excluding diaryl/α,β-unsaturated/α-hetero) is 1. The first-order chi connectivity index (χ1) is 32.9. The first-order valence-electron chi connectivity index (χ1n) is 22.6. The lowest BCUT2D eigenvalue weighted by Crippen LogP contribution is -2.55. The van der Waals surface area contributed by atoms with E-state index in [9.17, 15) is 34.3 Å². The van der Waals surface area contributed by atoms with Crippen LogP contribution in [0.15, 0.2) is 85.5 Å². The Bertz CT molecular complexity index is 2750. The van der Waals surface area contributed by atoms with E-state index < -0.39 is 23.5 Å². The summed E-state index contributed by atoms with van der Waals surface area (Å²) in [4.78, 5) is 92.2. The second-order valence-corrected chi connectivity index (χ2v) is 18.6. The SMILES string of the molecule is C[C@@H]1CN(c2ncc(-c3ccc4c(n3)N(Cc3cccnc3C#N)C(C)(C)C4=O)cn2)CCN1C(=O)COCCNC(=O)c1cccc(Oc2ccc(C(=O)NC(CCC(C)(C)C)C(=O)O)cn2)c1. The molecule has 5 aromatic rings. The molecule has 0 aliphatic carbocycles. The van der Waals surface area contributed by atoms with E-state index in [-0.39, 0.29) is 73.2 Å². The standard InChI is InChI=1S/C50H55N11O8/c1-31-28-59(48-55-26-35(27-56-48)38-14-13-37-43(63)50(5,6)61(44(37)57-38)29-34-10-8-18-52-40(34)24-51)20-21-60(31)42(62)30-68-22-19-53-45(64)32-9-7-11-36(23-32)69-41-15-12-33(25-54-41)46(65)58-39(47(66)67)16-17-49(2,3)4/h7-15,18,23,25-27,31,39H,16-17,19-22,28-30H2,1-6H3,(H,53,64)(H,58,65)(H,66,67)/t31-,39?/m1/s1. The van der Waals surface area contributed by atoms with Crippen molar-refractivity contribution in [3.05, 3.63) is 113 Å². The van der Waals surface area contributed by atoms with Crippen molar-refractivity contribution in [3.8, 4) is 29.0 Å². The van der Waals surface area contributed by atoms with Crippen LogP contribution in [0.2, 0.25) is 0 Å². The number of hydrogen-bond donors (Lipinski definition) is 3. The maximum absolute atomic E-state index is 13.4. The Hall–Kier alpha value is -7.85. The number of fused-ring (bicyclic) bond motifs is 1. The van der Waals surface area contributed by atoms with Gasteiger partial charge < -0.3 is 39.9 Å². The minimum absolute atomic E-state index is 0.0620. The third-order valence-corrected chi connectivity index (χ3v) is 12.0. The molecule has 4 aromatic heterocycles. The van der Waals surface area contributed by atoms with Crippen LogP contribution in [0.5, 0.6) is 11.6 Å². The number of ketones is 1. The summed E-state index contributed by atoms with van der Waals surface area (Å²) in [5.41, 5.74) is 2.27. The van der Waals surface area contributed by atoms with E-state index in [0.29, 0.717) is 77.2 Å². The van der Waals surface area contributed by atoms with Crippen molar-refractivity contribution in [2.24, 2.45) is 5.41 Å². The van der Waals surface area contributed by atoms with Gasteiger partial charge in [0.2, 0.25) is 17.7 Å². The number of carbonyl (C=O) groups excluding carboxylic acids is 4. The zero-order chi connectivity index (χ0) is 49.5. The van der Waals surface area contributed by atoms with Crippen LogP contribution in [-0.4, -0.2) is 121 Å². The van der Waals surface area contributed by atoms with Crippen LogP contribution in [0.25, 0.3) is 11.3 Å². The van der Waals surface area contributed by atoms with Crippen molar-refractivity contribution in [2.45, 2.75) is 78.6 Å². The van der Waals surface area contributed by atoms with Crippen LogP contribution in [0.4, 0.5) is 11.8 Å². The van der Waals surface area contributed by atoms with Gasteiger partial charge in [-0.2, -0.15) is 5.26 Å². The highest BCUT2D eigenvalue weighted by Gasteiger charge is 2.45. The predicted octanol–water partition coefficient (Wildman–Crippen LogP) is 5.47. The third-order valence-electron chi connectivity index (χ3n) is 12.0. The number of nitrogens with zero attached hydrogens (tertiary/aromatic N) is 9. The number of anilines is 2. The van der Waals surface area contributed by atoms with Crippen LogP contribution in [-0.2, 0) is 20.9 Å². The normalized spacial score (nSPS) is 15.8. The lowest BCUT2D eigenvalue weighted by molar-refractivity contribution is -0.140. The number of carbonyl (C=O) groups is 5. The molecule has 358 valence electrons. The van der Waals surface area contributed by atoms with Crippen molar-refractivity contribution in [1.82, 2.24) is 40.5 Å². The highest BCUT2D eigenvalue weighted by Crippen LogP contribution is 2.40. The molecule has 1 fully saturated rings. The van der Waals surface area contributed by atoms with Crippen molar-refractivity contribution in [2.75, 3.05) is 49.2 Å². The van der Waals surface area contributed by atoms with Gasteiger partial charge in [0.15, 0.2) is 5.78 Å². The van der Waals surface area contributed by atoms with Crippen molar-refractivity contribution >= 4 is 41.2 Å². The second-order valence-electron chi connectivity index (χ2n) is 18.6. The average Bonchev–Trinajstić information content (AvgIpc) is 3.52. The Morgan fingerprint density at radius 1 is 0.957 bits per heavy atom. The number of aliphatic carboxylic acids is 1. The van der Waals surface area contributed by atoms with Gasteiger partial charge in [-0.3, -0.25) is 19.2 Å². The molecule has 69 heavy (non-hydrogen) atoms. The topological polar surface area (TPSA) is 246 Å². The van der Waals surface area contributed by atoms with Gasteiger partial charge in [-0.05, 0) is 81.5 Å². The van der Waals surface area contributed by atoms with Crippen LogP contribution < -0.4 is 25.2 Å². The monoisotopic (exact) mass is 937 g/mol. The second kappa shape index (κ2) is 21.0. The molecule has 19 nitrogen and oxygen atoms in total. The Labute approximate surface area is 399 Å². The molecule has 2 atom stereocenters. The van der Waals surface area contributed by atoms with Gasteiger partial charge in [0.1, 0.15) is 36.0 Å². The third kappa shape index (κ3) is 11.8. The fraction of sp³-hybridized carbons (Fsp3) is 0.380. The molecular formula is C50H55N11O8. The fourth-order valence-corrected chi connectivity index (χ4v) is 8.00. The molecule has 0 spiro atoms. The van der Waals surface area contributed by atoms with Gasteiger partial charge in [-0.15, -0.1) is 0 Å². The highest BCUT2D eigenvalue weighted by atomic mass is 16.5. The minimum atomic E-state index is -1.11. The fourth-order valence-electron chi connectivity index (χ4n) is 8.00. The number of piperazine rings is 1. The van der Waals surface area contributed by atoms with E-state index in [0.717, 1.165) is 0 Å². The number of nitriles is 1. The van der Waals surface area contributed by atoms with Crippen LogP contribution in [0.3, 0.4) is 0 Å². The molecule has 1 unspecified atom stereocenters. The van der Waals surface area contributed by atoms with Gasteiger partial charge in [-0.25, -0.2) is 29.7 Å². The maximum atomic E-state index is 13.4. The number of pyridine rings is 3. The molecule has 19 heteroatoms. The van der Waals surface area contributed by atoms with E-state index in [1.807, 2.05) is 57.4 Å². The van der Waals surface area contributed by atoms with Crippen LogP contribution in [0.1, 0.15) is 96.7 Å². The summed E-state index contributed by atoms with van der Waals surface area (Å²) >= 11 is 0. The molecule has 3 amide bonds. The van der Waals surface area contributed by atoms with E-state index in [4.69, 9.17) is 14.5 Å². The van der Waals surface area contributed by atoms with E-state index in [1.54, 1.807) is 59.9 Å². The Morgan fingerprint density at radius 2 is 1.74 bits per heavy atom. The summed E-state index contributed by atoms with van der Waals surface area (Å²) < 4.78 is 11.5. The van der Waals surface area contributed by atoms with Crippen LogP contribution >= 0.6 is 0 Å². The number of carboxylic acid groups (broad SMARTS) is 1. The Kier molecular flexibility index (Phi) is 14.9. The van der Waals surface area contributed by atoms with Gasteiger partial charge in [0.25, 0.3) is 11.8 Å². The molecule has 0 bridgehead atoms. The lowest BCUT2D eigenvalue weighted by atomic mass is 9.88. The highest BCUT2D eigenvalue weighted by molar-refractivity contribution is 6.13. The quantitative estimate of drug-likeness (QED) is 0.0979. The predicted molar refractivity (Wildman–Crippen MR) is 254 cm³/mol. The number of ether oxygens (including phenoxy) is 2. The number of aromatic nitrogens is 5. The summed E-state index contributed by atoms with van der Waals surface area (Å²) in [5.74, 6) is -0.762. The van der Waals surface area contributed by atoms with Crippen LogP contribution in [0, 0.1) is 16.7 Å². The summed E-state index contributed by atoms with van der Waals surface area (Å²) in [5, 5.41) is 24.5. The molecule has 1 aromatic carbocycles. The summed E-state index contributed by atoms with van der Waals surface area (Å²) in [7, 11) is 0. The first kappa shape index (κ1) is 49.1. The minimum Gasteiger partial charge on any atom is -0.480 e. The van der Waals surface area contributed by atoms with Gasteiger partial charge in [0.05, 0.1) is 29.0 Å². The zero-order valence-corrected chi connectivity index (χ0v) is 39.4. The molecular weight excluding hydrogens is 883 g/mol. The van der Waals surface area contributed by atoms with Crippen molar-refractivity contribution < 1.29 is 38.6 Å². The maximum Gasteiger partial charge on any atom is 0.326 e. The van der Waals surface area contributed by atoms with Gasteiger partial charge >= 0.3 is 5.97 Å². The molecule has 7 rings (SSSR count). The van der Waals surface area contributed by atoms with E-state index in [2.05, 4.69) is 36.6 Å². The lowest BCUT2D eigenvalue weighted by Gasteiger charge is -2.39. The number of amides is 3. The molecule has 2 aliphatic heterocycles. The Morgan fingerprint density at radius 3 is 2.43 bits per heavy atom. The molecule has 0 saturated carbocycles. The summed E-state index contributed by atoms with van der Waals surface area (Å²) in [6, 6.07) is 17.5. The van der Waals surface area contributed by atoms with E-state index >= 15 is 0 Å². The summed E-state index contributed by atoms with van der Waals surface area (Å²) in [6.07, 6.45) is 7.14. The van der Waals surface area contributed by atoms with Crippen molar-refractivity contribution in [1.29, 1.82) is 5.26 Å². The van der Waals surface area contributed by atoms with Gasteiger partial charge in [-0.1, -0.05) is 32.9 Å².